The maximum absolute atomic E-state index is 12.8. The molecule has 2 aromatic heterocycles. The molecule has 4 rings (SSSR count). The van der Waals surface area contributed by atoms with E-state index < -0.39 is 17.5 Å². The highest BCUT2D eigenvalue weighted by atomic mass is 32.1. The van der Waals surface area contributed by atoms with E-state index in [-0.39, 0.29) is 18.5 Å². The number of nitrogens with zero attached hydrogens (tertiary/aromatic N) is 2. The van der Waals surface area contributed by atoms with Crippen molar-refractivity contribution in [2.75, 3.05) is 12.4 Å². The van der Waals surface area contributed by atoms with Crippen LogP contribution in [-0.2, 0) is 16.9 Å². The minimum Gasteiger partial charge on any atom is -0.497 e. The summed E-state index contributed by atoms with van der Waals surface area (Å²) < 4.78 is 6.75. The second-order valence-corrected chi connectivity index (χ2v) is 8.04. The van der Waals surface area contributed by atoms with E-state index in [9.17, 15) is 14.7 Å². The first-order valence-electron chi connectivity index (χ1n) is 9.04. The van der Waals surface area contributed by atoms with Crippen molar-refractivity contribution in [3.8, 4) is 11.6 Å². The Morgan fingerprint density at radius 1 is 1.38 bits per heavy atom. The molecule has 0 aliphatic carbocycles. The van der Waals surface area contributed by atoms with E-state index in [1.165, 1.54) is 15.9 Å². The molecule has 1 aromatic carbocycles. The summed E-state index contributed by atoms with van der Waals surface area (Å²) in [6.07, 6.45) is 1.73. The van der Waals surface area contributed by atoms with Gasteiger partial charge in [0.15, 0.2) is 16.6 Å². The summed E-state index contributed by atoms with van der Waals surface area (Å²) >= 11 is 1.35. The van der Waals surface area contributed by atoms with E-state index in [1.807, 2.05) is 19.9 Å². The molecule has 0 bridgehead atoms. The van der Waals surface area contributed by atoms with Crippen molar-refractivity contribution in [3.05, 3.63) is 35.5 Å². The number of hydrogen-bond donors (Lipinski definition) is 4. The number of amides is 3. The summed E-state index contributed by atoms with van der Waals surface area (Å²) in [6.45, 7) is 3.95. The van der Waals surface area contributed by atoms with Crippen molar-refractivity contribution >= 4 is 39.2 Å². The molecular weight excluding hydrogens is 394 g/mol. The highest BCUT2D eigenvalue weighted by Crippen LogP contribution is 2.35. The summed E-state index contributed by atoms with van der Waals surface area (Å²) in [5, 5.41) is 22.7. The molecule has 0 radical (unpaired) electrons. The third-order valence-corrected chi connectivity index (χ3v) is 5.54. The Bertz CT molecular complexity index is 1110. The predicted octanol–water partition coefficient (Wildman–Crippen LogP) is 2.37. The van der Waals surface area contributed by atoms with Gasteiger partial charge in [-0.3, -0.25) is 10.1 Å². The van der Waals surface area contributed by atoms with Crippen LogP contribution in [0.1, 0.15) is 19.5 Å². The smallest absolute Gasteiger partial charge is 0.322 e. The first kappa shape index (κ1) is 19.1. The van der Waals surface area contributed by atoms with E-state index in [1.54, 1.807) is 30.8 Å². The molecule has 1 fully saturated rings. The van der Waals surface area contributed by atoms with Gasteiger partial charge >= 0.3 is 6.03 Å². The molecule has 0 spiro atoms. The third-order valence-electron chi connectivity index (χ3n) is 4.77. The largest absolute Gasteiger partial charge is 0.497 e. The number of ether oxygens (including phenoxy) is 1. The summed E-state index contributed by atoms with van der Waals surface area (Å²) in [7, 11) is 1.55. The predicted molar refractivity (Wildman–Crippen MR) is 109 cm³/mol. The molecule has 4 N–H and O–H groups in total. The van der Waals surface area contributed by atoms with Crippen molar-refractivity contribution in [1.82, 2.24) is 20.2 Å². The number of aromatic hydroxyl groups is 1. The lowest BCUT2D eigenvalue weighted by Crippen LogP contribution is -2.47. The Kier molecular flexibility index (Phi) is 4.58. The van der Waals surface area contributed by atoms with Gasteiger partial charge in [-0.2, -0.15) is 0 Å². The number of anilines is 1. The molecule has 1 saturated heterocycles. The first-order valence-corrected chi connectivity index (χ1v) is 9.92. The molecule has 9 nitrogen and oxygen atoms in total. The molecule has 3 amide bonds. The van der Waals surface area contributed by atoms with Gasteiger partial charge in [-0.05, 0) is 32.0 Å². The fourth-order valence-electron chi connectivity index (χ4n) is 3.38. The van der Waals surface area contributed by atoms with Gasteiger partial charge in [-0.1, -0.05) is 0 Å². The Labute approximate surface area is 170 Å². The van der Waals surface area contributed by atoms with E-state index in [0.29, 0.717) is 22.0 Å². The number of carbonyl (C=O) groups is 2. The molecule has 1 atom stereocenters. The summed E-state index contributed by atoms with van der Waals surface area (Å²) in [6, 6.07) is 4.90. The van der Waals surface area contributed by atoms with Crippen molar-refractivity contribution in [2.45, 2.75) is 32.0 Å². The Morgan fingerprint density at radius 3 is 2.83 bits per heavy atom. The van der Waals surface area contributed by atoms with Crippen molar-refractivity contribution < 1.29 is 19.4 Å². The molecular formula is C19H21N5O4S. The van der Waals surface area contributed by atoms with Crippen molar-refractivity contribution in [2.24, 2.45) is 0 Å². The fourth-order valence-corrected chi connectivity index (χ4v) is 4.31. The molecule has 3 heterocycles. The van der Waals surface area contributed by atoms with Gasteiger partial charge in [0.25, 0.3) is 5.91 Å². The summed E-state index contributed by atoms with van der Waals surface area (Å²) in [4.78, 5) is 29.3. The Balaban J connectivity index is 1.77. The van der Waals surface area contributed by atoms with Gasteiger partial charge in [0.05, 0.1) is 19.3 Å². The van der Waals surface area contributed by atoms with E-state index >= 15 is 0 Å². The van der Waals surface area contributed by atoms with Crippen LogP contribution in [0, 0.1) is 0 Å². The minimum absolute atomic E-state index is 0.0156. The number of aromatic nitrogens is 2. The summed E-state index contributed by atoms with van der Waals surface area (Å²) in [5.41, 5.74) is -1.02. The maximum Gasteiger partial charge on any atom is 0.322 e. The molecule has 1 aliphatic rings. The Morgan fingerprint density at radius 2 is 2.17 bits per heavy atom. The van der Waals surface area contributed by atoms with Crippen molar-refractivity contribution in [1.29, 1.82) is 0 Å². The SMILES string of the molecule is COc1ccc2cn(C[C@@]3(c4csc(NC(C)C)n4)NC(=O)NC3=O)c(O)c2c1. The van der Waals surface area contributed by atoms with E-state index in [4.69, 9.17) is 4.74 Å². The number of imide groups is 1. The minimum atomic E-state index is -1.43. The first-order chi connectivity index (χ1) is 13.8. The molecule has 29 heavy (non-hydrogen) atoms. The van der Waals surface area contributed by atoms with E-state index in [2.05, 4.69) is 20.9 Å². The van der Waals surface area contributed by atoms with Gasteiger partial charge < -0.3 is 25.0 Å². The van der Waals surface area contributed by atoms with Crippen LogP contribution in [0.4, 0.5) is 9.93 Å². The van der Waals surface area contributed by atoms with Crippen LogP contribution in [0.25, 0.3) is 10.8 Å². The van der Waals surface area contributed by atoms with Crippen LogP contribution in [-0.4, -0.2) is 39.7 Å². The van der Waals surface area contributed by atoms with Crippen LogP contribution in [0.15, 0.2) is 29.8 Å². The topological polar surface area (TPSA) is 118 Å². The standard InChI is InChI=1S/C19H21N5O4S/c1-10(2)20-18-21-14(8-29-18)19(16(26)22-17(27)23-19)9-24-7-11-4-5-12(28-3)6-13(11)15(24)25/h4-8,10,25H,9H2,1-3H3,(H,20,21)(H2,22,23,26,27)/t19-/m0/s1. The molecule has 0 saturated carbocycles. The number of carbonyl (C=O) groups excluding carboxylic acids is 2. The van der Waals surface area contributed by atoms with Crippen molar-refractivity contribution in [3.63, 3.8) is 0 Å². The second kappa shape index (κ2) is 6.96. The monoisotopic (exact) mass is 415 g/mol. The average Bonchev–Trinajstić information content (AvgIpc) is 3.33. The third kappa shape index (κ3) is 3.25. The van der Waals surface area contributed by atoms with Gasteiger partial charge in [0, 0.05) is 28.4 Å². The van der Waals surface area contributed by atoms with Crippen LogP contribution in [0.5, 0.6) is 11.6 Å². The van der Waals surface area contributed by atoms with Crippen LogP contribution in [0.2, 0.25) is 0 Å². The zero-order chi connectivity index (χ0) is 20.8. The summed E-state index contributed by atoms with van der Waals surface area (Å²) in [5.74, 6) is 0.0673. The number of hydrogen-bond acceptors (Lipinski definition) is 7. The lowest BCUT2D eigenvalue weighted by Gasteiger charge is -2.25. The number of rotatable bonds is 6. The highest BCUT2D eigenvalue weighted by molar-refractivity contribution is 7.13. The van der Waals surface area contributed by atoms with Crippen LogP contribution >= 0.6 is 11.3 Å². The van der Waals surface area contributed by atoms with Gasteiger partial charge in [0.1, 0.15) is 5.75 Å². The molecule has 1 aliphatic heterocycles. The Hall–Kier alpha value is -3.27. The quantitative estimate of drug-likeness (QED) is 0.459. The number of urea groups is 1. The normalized spacial score (nSPS) is 18.9. The average molecular weight is 415 g/mol. The molecule has 0 unspecified atom stereocenters. The van der Waals surface area contributed by atoms with Gasteiger partial charge in [0.2, 0.25) is 0 Å². The number of nitrogens with one attached hydrogen (secondary N) is 3. The number of fused-ring (bicyclic) bond motifs is 1. The van der Waals surface area contributed by atoms with Crippen LogP contribution in [0.3, 0.4) is 0 Å². The fraction of sp³-hybridized carbons (Fsp3) is 0.316. The van der Waals surface area contributed by atoms with E-state index in [0.717, 1.165) is 5.39 Å². The van der Waals surface area contributed by atoms with Gasteiger partial charge in [-0.25, -0.2) is 9.78 Å². The van der Waals surface area contributed by atoms with Crippen LogP contribution < -0.4 is 20.7 Å². The highest BCUT2D eigenvalue weighted by Gasteiger charge is 2.50. The van der Waals surface area contributed by atoms with Gasteiger partial charge in [-0.15, -0.1) is 11.3 Å². The number of thiazole rings is 1. The lowest BCUT2D eigenvalue weighted by atomic mass is 9.96. The zero-order valence-electron chi connectivity index (χ0n) is 16.1. The zero-order valence-corrected chi connectivity index (χ0v) is 17.0. The number of benzene rings is 1. The maximum atomic E-state index is 12.8. The number of methoxy groups -OCH3 is 1. The lowest BCUT2D eigenvalue weighted by molar-refractivity contribution is -0.124. The molecule has 10 heteroatoms. The molecule has 3 aromatic rings. The second-order valence-electron chi connectivity index (χ2n) is 7.18. The molecule has 152 valence electrons.